The zero-order valence-corrected chi connectivity index (χ0v) is 11.2. The summed E-state index contributed by atoms with van der Waals surface area (Å²) in [6, 6.07) is 6.05. The molecule has 19 heavy (non-hydrogen) atoms. The number of rotatable bonds is 2. The van der Waals surface area contributed by atoms with Crippen LogP contribution < -0.4 is 4.90 Å². The van der Waals surface area contributed by atoms with Gasteiger partial charge >= 0.3 is 0 Å². The summed E-state index contributed by atoms with van der Waals surface area (Å²) in [6.45, 7) is 4.15. The van der Waals surface area contributed by atoms with Gasteiger partial charge in [0.2, 0.25) is 0 Å². The predicted molar refractivity (Wildman–Crippen MR) is 76.1 cm³/mol. The zero-order chi connectivity index (χ0) is 13.1. The lowest BCUT2D eigenvalue weighted by Gasteiger charge is -2.28. The molecule has 0 bridgehead atoms. The zero-order valence-electron chi connectivity index (χ0n) is 11.2. The molecule has 0 atom stereocenters. The van der Waals surface area contributed by atoms with Crippen LogP contribution in [0.15, 0.2) is 30.6 Å². The van der Waals surface area contributed by atoms with Crippen LogP contribution in [-0.2, 0) is 0 Å². The van der Waals surface area contributed by atoms with Crippen LogP contribution >= 0.6 is 0 Å². The fourth-order valence-corrected chi connectivity index (χ4v) is 2.50. The lowest BCUT2D eigenvalue weighted by atomic mass is 10.1. The quantitative estimate of drug-likeness (QED) is 0.826. The number of pyridine rings is 1. The molecule has 0 spiro atoms. The van der Waals surface area contributed by atoms with E-state index < -0.39 is 0 Å². The van der Waals surface area contributed by atoms with E-state index in [2.05, 4.69) is 25.9 Å². The van der Waals surface area contributed by atoms with Gasteiger partial charge in [0, 0.05) is 37.1 Å². The normalized spacial score (nSPS) is 15.5. The number of anilines is 1. The molecule has 0 unspecified atom stereocenters. The number of hydrogen-bond acceptors (Lipinski definition) is 4. The molecule has 3 rings (SSSR count). The van der Waals surface area contributed by atoms with E-state index >= 15 is 0 Å². The van der Waals surface area contributed by atoms with Gasteiger partial charge in [-0.15, -0.1) is 0 Å². The summed E-state index contributed by atoms with van der Waals surface area (Å²) in [4.78, 5) is 15.6. The van der Waals surface area contributed by atoms with Crippen LogP contribution in [0.2, 0.25) is 0 Å². The van der Waals surface area contributed by atoms with E-state index in [0.29, 0.717) is 0 Å². The second kappa shape index (κ2) is 5.34. The number of piperidine rings is 1. The van der Waals surface area contributed by atoms with E-state index in [4.69, 9.17) is 0 Å². The first-order valence-corrected chi connectivity index (χ1v) is 6.84. The molecule has 0 amide bonds. The largest absolute Gasteiger partial charge is 0.356 e. The summed E-state index contributed by atoms with van der Waals surface area (Å²) in [7, 11) is 0. The molecule has 1 aliphatic heterocycles. The Hall–Kier alpha value is -1.97. The Morgan fingerprint density at radius 3 is 2.68 bits per heavy atom. The second-order valence-electron chi connectivity index (χ2n) is 4.95. The van der Waals surface area contributed by atoms with Crippen LogP contribution in [0.4, 0.5) is 5.82 Å². The molecule has 2 aromatic rings. The van der Waals surface area contributed by atoms with Crippen LogP contribution in [0.25, 0.3) is 11.3 Å². The van der Waals surface area contributed by atoms with Crippen LogP contribution in [0, 0.1) is 6.92 Å². The number of aryl methyl sites for hydroxylation is 1. The third-order valence-corrected chi connectivity index (χ3v) is 3.46. The van der Waals surface area contributed by atoms with Gasteiger partial charge in [0.25, 0.3) is 0 Å². The Bertz CT molecular complexity index is 547. The van der Waals surface area contributed by atoms with Crippen molar-refractivity contribution in [3.63, 3.8) is 0 Å². The Morgan fingerprint density at radius 2 is 1.95 bits per heavy atom. The summed E-state index contributed by atoms with van der Waals surface area (Å²) >= 11 is 0. The monoisotopic (exact) mass is 254 g/mol. The predicted octanol–water partition coefficient (Wildman–Crippen LogP) is 2.84. The molecule has 3 heterocycles. The van der Waals surface area contributed by atoms with Crippen molar-refractivity contribution in [2.75, 3.05) is 18.0 Å². The highest BCUT2D eigenvalue weighted by Crippen LogP contribution is 2.23. The highest BCUT2D eigenvalue weighted by atomic mass is 15.2. The fourth-order valence-electron chi connectivity index (χ4n) is 2.50. The summed E-state index contributed by atoms with van der Waals surface area (Å²) in [5.41, 5.74) is 2.01. The molecule has 0 aromatic carbocycles. The van der Waals surface area contributed by atoms with Crippen molar-refractivity contribution >= 4 is 5.82 Å². The Balaban J connectivity index is 1.96. The van der Waals surface area contributed by atoms with Gasteiger partial charge in [-0.25, -0.2) is 9.97 Å². The Morgan fingerprint density at radius 1 is 1.11 bits per heavy atom. The summed E-state index contributed by atoms with van der Waals surface area (Å²) in [6.07, 6.45) is 7.47. The molecule has 0 radical (unpaired) electrons. The third-order valence-electron chi connectivity index (χ3n) is 3.46. The van der Waals surface area contributed by atoms with Gasteiger partial charge < -0.3 is 4.90 Å². The average molecular weight is 254 g/mol. The number of hydrogen-bond donors (Lipinski definition) is 0. The third kappa shape index (κ3) is 2.72. The van der Waals surface area contributed by atoms with Gasteiger partial charge in [-0.2, -0.15) is 0 Å². The van der Waals surface area contributed by atoms with Crippen molar-refractivity contribution in [1.29, 1.82) is 0 Å². The fraction of sp³-hybridized carbons (Fsp3) is 0.400. The topological polar surface area (TPSA) is 41.9 Å². The van der Waals surface area contributed by atoms with Gasteiger partial charge in [0.15, 0.2) is 0 Å². The number of nitrogens with zero attached hydrogens (tertiary/aromatic N) is 4. The van der Waals surface area contributed by atoms with E-state index in [9.17, 15) is 0 Å². The van der Waals surface area contributed by atoms with Crippen LogP contribution in [0.3, 0.4) is 0 Å². The molecular weight excluding hydrogens is 236 g/mol. The minimum Gasteiger partial charge on any atom is -0.356 e. The number of aromatic nitrogens is 3. The standard InChI is InChI=1S/C15H18N4/c1-12-17-14(13-6-5-7-16-11-13)10-15(18-12)19-8-3-2-4-9-19/h5-7,10-11H,2-4,8-9H2,1H3. The van der Waals surface area contributed by atoms with E-state index in [1.54, 1.807) is 6.20 Å². The van der Waals surface area contributed by atoms with Gasteiger partial charge in [-0.05, 0) is 38.3 Å². The van der Waals surface area contributed by atoms with Crippen molar-refractivity contribution in [2.24, 2.45) is 0 Å². The molecule has 0 aliphatic carbocycles. The van der Waals surface area contributed by atoms with Crippen molar-refractivity contribution in [3.05, 3.63) is 36.4 Å². The Labute approximate surface area is 113 Å². The van der Waals surface area contributed by atoms with Gasteiger partial charge in [0.05, 0.1) is 5.69 Å². The summed E-state index contributed by atoms with van der Waals surface area (Å²) < 4.78 is 0. The first kappa shape index (κ1) is 12.1. The Kier molecular flexibility index (Phi) is 3.40. The molecule has 4 nitrogen and oxygen atoms in total. The first-order chi connectivity index (χ1) is 9.33. The highest BCUT2D eigenvalue weighted by Gasteiger charge is 2.14. The van der Waals surface area contributed by atoms with Crippen molar-refractivity contribution in [2.45, 2.75) is 26.2 Å². The van der Waals surface area contributed by atoms with E-state index in [0.717, 1.165) is 36.0 Å². The van der Waals surface area contributed by atoms with E-state index in [1.165, 1.54) is 19.3 Å². The van der Waals surface area contributed by atoms with Crippen molar-refractivity contribution in [1.82, 2.24) is 15.0 Å². The molecule has 98 valence electrons. The maximum absolute atomic E-state index is 4.58. The van der Waals surface area contributed by atoms with Gasteiger partial charge in [-0.3, -0.25) is 4.98 Å². The smallest absolute Gasteiger partial charge is 0.132 e. The van der Waals surface area contributed by atoms with Crippen molar-refractivity contribution in [3.8, 4) is 11.3 Å². The molecule has 1 saturated heterocycles. The van der Waals surface area contributed by atoms with Crippen molar-refractivity contribution < 1.29 is 0 Å². The van der Waals surface area contributed by atoms with Gasteiger partial charge in [0.1, 0.15) is 11.6 Å². The summed E-state index contributed by atoms with van der Waals surface area (Å²) in [5.74, 6) is 1.87. The summed E-state index contributed by atoms with van der Waals surface area (Å²) in [5, 5.41) is 0. The lowest BCUT2D eigenvalue weighted by molar-refractivity contribution is 0.572. The minimum atomic E-state index is 0.821. The van der Waals surface area contributed by atoms with Crippen LogP contribution in [-0.4, -0.2) is 28.0 Å². The molecule has 2 aromatic heterocycles. The molecule has 0 N–H and O–H groups in total. The maximum atomic E-state index is 4.58. The highest BCUT2D eigenvalue weighted by molar-refractivity contribution is 5.62. The van der Waals surface area contributed by atoms with E-state index in [-0.39, 0.29) is 0 Å². The molecule has 1 aliphatic rings. The maximum Gasteiger partial charge on any atom is 0.132 e. The van der Waals surface area contributed by atoms with E-state index in [1.807, 2.05) is 25.3 Å². The SMILES string of the molecule is Cc1nc(-c2cccnc2)cc(N2CCCCC2)n1. The molecule has 1 fully saturated rings. The van der Waals surface area contributed by atoms with Gasteiger partial charge in [-0.1, -0.05) is 0 Å². The first-order valence-electron chi connectivity index (χ1n) is 6.84. The van der Waals surface area contributed by atoms with Crippen LogP contribution in [0.5, 0.6) is 0 Å². The second-order valence-corrected chi connectivity index (χ2v) is 4.95. The molecule has 0 saturated carbocycles. The molecule has 4 heteroatoms. The lowest BCUT2D eigenvalue weighted by Crippen LogP contribution is -2.30. The minimum absolute atomic E-state index is 0.821. The average Bonchev–Trinajstić information content (AvgIpc) is 2.48. The van der Waals surface area contributed by atoms with Crippen LogP contribution in [0.1, 0.15) is 25.1 Å². The molecular formula is C15H18N4.